The zero-order valence-electron chi connectivity index (χ0n) is 13.2. The standard InChI is InChI=1S/C16H16N4O3S/c1-3-4-13-18-19-16(24)20(13)17-8-11-12(21)6-5-10-9(2)7-14(22)23-15(10)11/h5-8,21H,3-4H2,1-2H3,(H,19,24)/b17-8+. The zero-order chi connectivity index (χ0) is 17.3. The Morgan fingerprint density at radius 2 is 2.29 bits per heavy atom. The number of phenolic OH excluding ortho intramolecular Hbond substituents is 1. The fraction of sp³-hybridized carbons (Fsp3) is 0.250. The Kier molecular flexibility index (Phi) is 4.30. The van der Waals surface area contributed by atoms with E-state index in [2.05, 4.69) is 15.3 Å². The van der Waals surface area contributed by atoms with Crippen molar-refractivity contribution in [1.82, 2.24) is 14.9 Å². The highest BCUT2D eigenvalue weighted by Gasteiger charge is 2.11. The molecule has 1 aromatic carbocycles. The molecular formula is C16H16N4O3S. The van der Waals surface area contributed by atoms with Crippen LogP contribution in [0.1, 0.15) is 30.3 Å². The summed E-state index contributed by atoms with van der Waals surface area (Å²) in [5.74, 6) is 0.656. The first kappa shape index (κ1) is 16.1. The number of aryl methyl sites for hydroxylation is 2. The summed E-state index contributed by atoms with van der Waals surface area (Å²) in [5.41, 5.74) is 0.893. The van der Waals surface area contributed by atoms with Crippen LogP contribution in [0.2, 0.25) is 0 Å². The number of nitrogens with zero attached hydrogens (tertiary/aromatic N) is 3. The van der Waals surface area contributed by atoms with Crippen molar-refractivity contribution < 1.29 is 9.52 Å². The molecule has 0 saturated carbocycles. The number of aromatic amines is 1. The Hall–Kier alpha value is -2.74. The summed E-state index contributed by atoms with van der Waals surface area (Å²) in [5, 5.41) is 22.0. The number of nitrogens with one attached hydrogen (secondary N) is 1. The van der Waals surface area contributed by atoms with Crippen molar-refractivity contribution in [2.45, 2.75) is 26.7 Å². The molecule has 0 aliphatic rings. The van der Waals surface area contributed by atoms with Gasteiger partial charge in [0.1, 0.15) is 5.75 Å². The van der Waals surface area contributed by atoms with Crippen molar-refractivity contribution in [3.05, 3.63) is 50.3 Å². The number of hydrogen-bond acceptors (Lipinski definition) is 6. The molecular weight excluding hydrogens is 328 g/mol. The minimum absolute atomic E-state index is 0.0351. The lowest BCUT2D eigenvalue weighted by Crippen LogP contribution is -2.02. The average Bonchev–Trinajstić information content (AvgIpc) is 2.87. The van der Waals surface area contributed by atoms with Gasteiger partial charge in [-0.15, -0.1) is 0 Å². The van der Waals surface area contributed by atoms with Crippen LogP contribution in [0.4, 0.5) is 0 Å². The Labute approximate surface area is 142 Å². The molecule has 0 spiro atoms. The molecule has 0 bridgehead atoms. The lowest BCUT2D eigenvalue weighted by atomic mass is 10.1. The number of hydrogen-bond donors (Lipinski definition) is 2. The van der Waals surface area contributed by atoms with Crippen molar-refractivity contribution in [3.63, 3.8) is 0 Å². The summed E-state index contributed by atoms with van der Waals surface area (Å²) < 4.78 is 7.11. The van der Waals surface area contributed by atoms with Crippen LogP contribution < -0.4 is 5.63 Å². The van der Waals surface area contributed by atoms with Gasteiger partial charge in [0, 0.05) is 17.9 Å². The van der Waals surface area contributed by atoms with Crippen LogP contribution >= 0.6 is 12.2 Å². The van der Waals surface area contributed by atoms with Gasteiger partial charge in [0.05, 0.1) is 11.8 Å². The molecule has 0 radical (unpaired) electrons. The van der Waals surface area contributed by atoms with Gasteiger partial charge in [0.2, 0.25) is 4.77 Å². The molecule has 8 heteroatoms. The molecule has 2 N–H and O–H groups in total. The van der Waals surface area contributed by atoms with Crippen molar-refractivity contribution >= 4 is 29.4 Å². The highest BCUT2D eigenvalue weighted by atomic mass is 32.1. The highest BCUT2D eigenvalue weighted by molar-refractivity contribution is 7.71. The van der Waals surface area contributed by atoms with Crippen LogP contribution in [0.3, 0.4) is 0 Å². The van der Waals surface area contributed by atoms with Gasteiger partial charge in [-0.2, -0.15) is 14.9 Å². The first-order valence-electron chi connectivity index (χ1n) is 7.48. The number of aromatic nitrogens is 3. The minimum atomic E-state index is -0.480. The van der Waals surface area contributed by atoms with Crippen LogP contribution in [-0.2, 0) is 6.42 Å². The molecule has 3 aromatic rings. The minimum Gasteiger partial charge on any atom is -0.507 e. The Morgan fingerprint density at radius 3 is 3.04 bits per heavy atom. The lowest BCUT2D eigenvalue weighted by Gasteiger charge is -2.05. The van der Waals surface area contributed by atoms with Crippen LogP contribution in [0, 0.1) is 11.7 Å². The molecule has 0 fully saturated rings. The average molecular weight is 344 g/mol. The van der Waals surface area contributed by atoms with E-state index in [0.717, 1.165) is 17.4 Å². The molecule has 2 heterocycles. The van der Waals surface area contributed by atoms with Gasteiger partial charge in [0.25, 0.3) is 0 Å². The van der Waals surface area contributed by atoms with Crippen LogP contribution in [0.15, 0.2) is 32.5 Å². The Bertz CT molecular complexity index is 1050. The van der Waals surface area contributed by atoms with Gasteiger partial charge in [-0.1, -0.05) is 6.92 Å². The topological polar surface area (TPSA) is 96.4 Å². The van der Waals surface area contributed by atoms with Crippen LogP contribution in [0.25, 0.3) is 11.0 Å². The zero-order valence-corrected chi connectivity index (χ0v) is 14.1. The van der Waals surface area contributed by atoms with Crippen molar-refractivity contribution in [2.75, 3.05) is 0 Å². The first-order chi connectivity index (χ1) is 11.5. The van der Waals surface area contributed by atoms with Crippen LogP contribution in [0.5, 0.6) is 5.75 Å². The molecule has 7 nitrogen and oxygen atoms in total. The van der Waals surface area contributed by atoms with Gasteiger partial charge in [0.15, 0.2) is 11.4 Å². The SMILES string of the molecule is CCCc1n[nH]c(=S)n1/N=C/c1c(O)ccc2c(C)cc(=O)oc12. The lowest BCUT2D eigenvalue weighted by molar-refractivity contribution is 0.472. The normalized spacial score (nSPS) is 11.6. The number of H-pyrrole nitrogens is 1. The number of aromatic hydroxyl groups is 1. The monoisotopic (exact) mass is 344 g/mol. The van der Waals surface area contributed by atoms with E-state index in [1.807, 2.05) is 13.8 Å². The fourth-order valence-electron chi connectivity index (χ4n) is 2.46. The molecule has 24 heavy (non-hydrogen) atoms. The largest absolute Gasteiger partial charge is 0.507 e. The quantitative estimate of drug-likeness (QED) is 0.431. The van der Waals surface area contributed by atoms with E-state index >= 15 is 0 Å². The number of benzene rings is 1. The predicted molar refractivity (Wildman–Crippen MR) is 93.3 cm³/mol. The van der Waals surface area contributed by atoms with Gasteiger partial charge in [-0.3, -0.25) is 5.10 Å². The number of phenols is 1. The van der Waals surface area contributed by atoms with Gasteiger partial charge in [-0.25, -0.2) is 4.79 Å². The molecule has 0 amide bonds. The highest BCUT2D eigenvalue weighted by Crippen LogP contribution is 2.26. The summed E-state index contributed by atoms with van der Waals surface area (Å²) in [6.45, 7) is 3.84. The summed E-state index contributed by atoms with van der Waals surface area (Å²) in [7, 11) is 0. The molecule has 0 unspecified atom stereocenters. The summed E-state index contributed by atoms with van der Waals surface area (Å²) in [6.07, 6.45) is 3.02. The maximum atomic E-state index is 11.7. The molecule has 0 aliphatic heterocycles. The number of fused-ring (bicyclic) bond motifs is 1. The van der Waals surface area contributed by atoms with E-state index < -0.39 is 5.63 Å². The summed E-state index contributed by atoms with van der Waals surface area (Å²) >= 11 is 5.17. The van der Waals surface area contributed by atoms with Gasteiger partial charge >= 0.3 is 5.63 Å². The molecule has 0 atom stereocenters. The second kappa shape index (κ2) is 6.40. The third-order valence-electron chi connectivity index (χ3n) is 3.63. The summed E-state index contributed by atoms with van der Waals surface area (Å²) in [4.78, 5) is 11.7. The maximum absolute atomic E-state index is 11.7. The van der Waals surface area contributed by atoms with Gasteiger partial charge < -0.3 is 9.52 Å². The smallest absolute Gasteiger partial charge is 0.336 e. The van der Waals surface area contributed by atoms with Crippen molar-refractivity contribution in [1.29, 1.82) is 0 Å². The molecule has 2 aromatic heterocycles. The second-order valence-corrected chi connectivity index (χ2v) is 5.76. The summed E-state index contributed by atoms with van der Waals surface area (Å²) in [6, 6.07) is 4.65. The Balaban J connectivity index is 2.17. The first-order valence-corrected chi connectivity index (χ1v) is 7.89. The predicted octanol–water partition coefficient (Wildman–Crippen LogP) is 2.90. The number of rotatable bonds is 4. The Morgan fingerprint density at radius 1 is 1.50 bits per heavy atom. The van der Waals surface area contributed by atoms with E-state index in [4.69, 9.17) is 16.6 Å². The third kappa shape index (κ3) is 2.88. The second-order valence-electron chi connectivity index (χ2n) is 5.37. The van der Waals surface area contributed by atoms with E-state index in [1.54, 1.807) is 6.07 Å². The molecule has 0 saturated heterocycles. The maximum Gasteiger partial charge on any atom is 0.336 e. The molecule has 3 rings (SSSR count). The van der Waals surface area contributed by atoms with Crippen molar-refractivity contribution in [3.8, 4) is 5.75 Å². The van der Waals surface area contributed by atoms with E-state index in [9.17, 15) is 9.90 Å². The molecule has 0 aliphatic carbocycles. The fourth-order valence-corrected chi connectivity index (χ4v) is 2.66. The van der Waals surface area contributed by atoms with Crippen molar-refractivity contribution in [2.24, 2.45) is 5.10 Å². The molecule has 124 valence electrons. The third-order valence-corrected chi connectivity index (χ3v) is 3.89. The van der Waals surface area contributed by atoms with E-state index in [-0.39, 0.29) is 11.3 Å². The van der Waals surface area contributed by atoms with E-state index in [1.165, 1.54) is 23.0 Å². The van der Waals surface area contributed by atoms with Crippen LogP contribution in [-0.4, -0.2) is 26.2 Å². The van der Waals surface area contributed by atoms with E-state index in [0.29, 0.717) is 22.6 Å². The van der Waals surface area contributed by atoms with Gasteiger partial charge in [-0.05, 0) is 43.3 Å².